The van der Waals surface area contributed by atoms with Crippen molar-refractivity contribution in [2.24, 2.45) is 5.92 Å². The number of sulfonamides is 1. The lowest BCUT2D eigenvalue weighted by molar-refractivity contribution is 0.0698. The van der Waals surface area contributed by atoms with Crippen molar-refractivity contribution < 1.29 is 18.3 Å². The number of hydrogen-bond donors (Lipinski definition) is 1. The molecule has 1 aliphatic carbocycles. The number of carboxylic acid groups (broad SMARTS) is 1. The van der Waals surface area contributed by atoms with Gasteiger partial charge in [0, 0.05) is 13.6 Å². The smallest absolute Gasteiger partial charge is 0.337 e. The third-order valence-electron chi connectivity index (χ3n) is 3.90. The van der Waals surface area contributed by atoms with Gasteiger partial charge in [0.2, 0.25) is 0 Å². The quantitative estimate of drug-likeness (QED) is 0.869. The molecule has 1 aromatic heterocycles. The molecule has 8 heteroatoms. The number of benzene rings is 1. The molecule has 1 saturated carbocycles. The van der Waals surface area contributed by atoms with Gasteiger partial charge < -0.3 is 5.11 Å². The van der Waals surface area contributed by atoms with Crippen LogP contribution in [0, 0.1) is 5.92 Å². The van der Waals surface area contributed by atoms with Gasteiger partial charge in [0.1, 0.15) is 0 Å². The number of aromatic carboxylic acids is 1. The summed E-state index contributed by atoms with van der Waals surface area (Å²) in [6, 6.07) is 7.46. The van der Waals surface area contributed by atoms with Crippen LogP contribution in [0.15, 0.2) is 41.6 Å². The molecule has 0 aliphatic heterocycles. The number of aromatic nitrogens is 2. The van der Waals surface area contributed by atoms with Crippen molar-refractivity contribution in [3.63, 3.8) is 0 Å². The summed E-state index contributed by atoms with van der Waals surface area (Å²) in [4.78, 5) is 11.3. The Morgan fingerprint density at radius 1 is 1.35 bits per heavy atom. The highest BCUT2D eigenvalue weighted by Crippen LogP contribution is 2.32. The van der Waals surface area contributed by atoms with Crippen molar-refractivity contribution in [2.45, 2.75) is 24.4 Å². The summed E-state index contributed by atoms with van der Waals surface area (Å²) in [6.07, 6.45) is 3.61. The van der Waals surface area contributed by atoms with Crippen LogP contribution in [0.5, 0.6) is 0 Å². The Morgan fingerprint density at radius 3 is 2.70 bits per heavy atom. The van der Waals surface area contributed by atoms with Crippen LogP contribution in [0.2, 0.25) is 0 Å². The Hall–Kier alpha value is -2.35. The monoisotopic (exact) mass is 335 g/mol. The first-order chi connectivity index (χ1) is 10.9. The normalized spacial score (nSPS) is 14.7. The zero-order valence-electron chi connectivity index (χ0n) is 12.6. The van der Waals surface area contributed by atoms with Crippen LogP contribution >= 0.6 is 0 Å². The largest absolute Gasteiger partial charge is 0.478 e. The van der Waals surface area contributed by atoms with Crippen molar-refractivity contribution >= 4 is 21.7 Å². The Morgan fingerprint density at radius 2 is 2.04 bits per heavy atom. The van der Waals surface area contributed by atoms with E-state index < -0.39 is 16.0 Å². The number of anilines is 1. The van der Waals surface area contributed by atoms with Gasteiger partial charge in [0.15, 0.2) is 5.03 Å². The van der Waals surface area contributed by atoms with E-state index in [1.807, 2.05) is 0 Å². The Balaban J connectivity index is 2.00. The Labute approximate surface area is 134 Å². The van der Waals surface area contributed by atoms with E-state index in [1.54, 1.807) is 12.1 Å². The van der Waals surface area contributed by atoms with E-state index >= 15 is 0 Å². The minimum Gasteiger partial charge on any atom is -0.478 e. The van der Waals surface area contributed by atoms with Gasteiger partial charge in [-0.3, -0.25) is 8.99 Å². The third-order valence-corrected chi connectivity index (χ3v) is 5.70. The van der Waals surface area contributed by atoms with Crippen LogP contribution in [0.3, 0.4) is 0 Å². The minimum atomic E-state index is -3.88. The standard InChI is InChI=1S/C15H17N3O4S/c1-17(13-5-3-2-4-12(13)15(19)20)23(21,22)14-8-9-16-18(14)10-11-6-7-11/h2-5,8-9,11H,6-7,10H2,1H3,(H,19,20). The van der Waals surface area contributed by atoms with Crippen LogP contribution in [0.1, 0.15) is 23.2 Å². The van der Waals surface area contributed by atoms with Crippen LogP contribution in [0.25, 0.3) is 0 Å². The molecule has 1 heterocycles. The SMILES string of the molecule is CN(c1ccccc1C(=O)O)S(=O)(=O)c1ccnn1CC1CC1. The van der Waals surface area contributed by atoms with Gasteiger partial charge in [-0.2, -0.15) is 13.5 Å². The fourth-order valence-electron chi connectivity index (χ4n) is 2.42. The lowest BCUT2D eigenvalue weighted by atomic mass is 10.2. The third kappa shape index (κ3) is 2.94. The molecule has 23 heavy (non-hydrogen) atoms. The van der Waals surface area contributed by atoms with Crippen molar-refractivity contribution in [1.29, 1.82) is 0 Å². The van der Waals surface area contributed by atoms with Crippen LogP contribution < -0.4 is 4.31 Å². The maximum atomic E-state index is 12.9. The van der Waals surface area contributed by atoms with E-state index in [2.05, 4.69) is 5.10 Å². The fraction of sp³-hybridized carbons (Fsp3) is 0.333. The molecule has 2 aromatic rings. The average Bonchev–Trinajstić information content (AvgIpc) is 3.21. The lowest BCUT2D eigenvalue weighted by Gasteiger charge is -2.21. The Bertz CT molecular complexity index is 840. The zero-order chi connectivity index (χ0) is 16.6. The number of carboxylic acids is 1. The second kappa shape index (κ2) is 5.69. The molecule has 1 fully saturated rings. The van der Waals surface area contributed by atoms with Gasteiger partial charge in [-0.15, -0.1) is 0 Å². The molecule has 0 amide bonds. The van der Waals surface area contributed by atoms with Crippen molar-refractivity contribution in [2.75, 3.05) is 11.4 Å². The van der Waals surface area contributed by atoms with E-state index in [0.717, 1.165) is 17.1 Å². The topological polar surface area (TPSA) is 92.5 Å². The second-order valence-electron chi connectivity index (χ2n) is 5.59. The van der Waals surface area contributed by atoms with E-state index in [4.69, 9.17) is 0 Å². The highest BCUT2D eigenvalue weighted by Gasteiger charge is 2.30. The molecular weight excluding hydrogens is 318 g/mol. The number of para-hydroxylation sites is 1. The minimum absolute atomic E-state index is 0.0631. The van der Waals surface area contributed by atoms with Gasteiger partial charge in [-0.25, -0.2) is 4.79 Å². The second-order valence-corrected chi connectivity index (χ2v) is 7.51. The predicted molar refractivity (Wildman–Crippen MR) is 83.9 cm³/mol. The van der Waals surface area contributed by atoms with E-state index in [-0.39, 0.29) is 16.3 Å². The number of carbonyl (C=O) groups is 1. The molecule has 1 N–H and O–H groups in total. The molecule has 0 unspecified atom stereocenters. The highest BCUT2D eigenvalue weighted by molar-refractivity contribution is 7.92. The summed E-state index contributed by atoms with van der Waals surface area (Å²) >= 11 is 0. The molecule has 0 radical (unpaired) electrons. The molecule has 0 atom stereocenters. The van der Waals surface area contributed by atoms with E-state index in [0.29, 0.717) is 12.5 Å². The van der Waals surface area contributed by atoms with Gasteiger partial charge in [0.25, 0.3) is 10.0 Å². The summed E-state index contributed by atoms with van der Waals surface area (Å²) in [7, 11) is -2.53. The summed E-state index contributed by atoms with van der Waals surface area (Å²) < 4.78 is 28.2. The summed E-state index contributed by atoms with van der Waals surface area (Å²) in [5.41, 5.74) is 0.0611. The first-order valence-electron chi connectivity index (χ1n) is 7.24. The number of rotatable bonds is 6. The average molecular weight is 335 g/mol. The van der Waals surface area contributed by atoms with Crippen LogP contribution in [-0.2, 0) is 16.6 Å². The molecule has 0 saturated heterocycles. The summed E-state index contributed by atoms with van der Waals surface area (Å²) in [5, 5.41) is 13.4. The first-order valence-corrected chi connectivity index (χ1v) is 8.68. The maximum absolute atomic E-state index is 12.9. The molecule has 0 spiro atoms. The zero-order valence-corrected chi connectivity index (χ0v) is 13.4. The van der Waals surface area contributed by atoms with Crippen molar-refractivity contribution in [3.05, 3.63) is 42.1 Å². The highest BCUT2D eigenvalue weighted by atomic mass is 32.2. The molecular formula is C15H17N3O4S. The molecule has 3 rings (SSSR count). The Kier molecular flexibility index (Phi) is 3.85. The number of hydrogen-bond acceptors (Lipinski definition) is 4. The summed E-state index contributed by atoms with van der Waals surface area (Å²) in [5.74, 6) is -0.699. The van der Waals surface area contributed by atoms with E-state index in [1.165, 1.54) is 36.1 Å². The predicted octanol–water partition coefficient (Wildman–Crippen LogP) is 1.82. The van der Waals surface area contributed by atoms with Gasteiger partial charge in [-0.05, 0) is 37.0 Å². The van der Waals surface area contributed by atoms with Crippen LogP contribution in [0.4, 0.5) is 5.69 Å². The molecule has 0 bridgehead atoms. The van der Waals surface area contributed by atoms with Crippen LogP contribution in [-0.4, -0.2) is 36.3 Å². The lowest BCUT2D eigenvalue weighted by Crippen LogP contribution is -2.30. The van der Waals surface area contributed by atoms with Gasteiger partial charge in [0.05, 0.1) is 17.4 Å². The summed E-state index contributed by atoms with van der Waals surface area (Å²) in [6.45, 7) is 0.565. The van der Waals surface area contributed by atoms with Crippen molar-refractivity contribution in [1.82, 2.24) is 9.78 Å². The molecule has 1 aromatic carbocycles. The first kappa shape index (κ1) is 15.5. The van der Waals surface area contributed by atoms with Gasteiger partial charge in [-0.1, -0.05) is 12.1 Å². The fourth-order valence-corrected chi connectivity index (χ4v) is 3.74. The van der Waals surface area contributed by atoms with E-state index in [9.17, 15) is 18.3 Å². The number of nitrogens with zero attached hydrogens (tertiary/aromatic N) is 3. The molecule has 1 aliphatic rings. The van der Waals surface area contributed by atoms with Crippen molar-refractivity contribution in [3.8, 4) is 0 Å². The maximum Gasteiger partial charge on any atom is 0.337 e. The molecule has 122 valence electrons. The molecule has 7 nitrogen and oxygen atoms in total. The van der Waals surface area contributed by atoms with Gasteiger partial charge >= 0.3 is 5.97 Å².